The molecule has 1 saturated carbocycles. The quantitative estimate of drug-likeness (QED) is 0.879. The lowest BCUT2D eigenvalue weighted by Gasteiger charge is -2.05. The van der Waals surface area contributed by atoms with Crippen molar-refractivity contribution in [1.29, 1.82) is 0 Å². The Hall–Kier alpha value is -1.01. The third kappa shape index (κ3) is 2.56. The van der Waals surface area contributed by atoms with Crippen molar-refractivity contribution >= 4 is 10.0 Å². The monoisotopic (exact) mass is 247 g/mol. The summed E-state index contributed by atoms with van der Waals surface area (Å²) in [5.74, 6) is -1.82. The van der Waals surface area contributed by atoms with Crippen LogP contribution in [0.4, 0.5) is 8.78 Å². The van der Waals surface area contributed by atoms with Crippen molar-refractivity contribution in [3.8, 4) is 0 Å². The van der Waals surface area contributed by atoms with Gasteiger partial charge >= 0.3 is 0 Å². The smallest absolute Gasteiger partial charge is 0.211 e. The van der Waals surface area contributed by atoms with Gasteiger partial charge in [-0.3, -0.25) is 0 Å². The van der Waals surface area contributed by atoms with Crippen molar-refractivity contribution < 1.29 is 17.2 Å². The third-order valence-electron chi connectivity index (χ3n) is 2.46. The first-order valence-electron chi connectivity index (χ1n) is 4.94. The molecule has 1 aliphatic carbocycles. The molecule has 3 nitrogen and oxygen atoms in total. The van der Waals surface area contributed by atoms with Crippen molar-refractivity contribution in [2.45, 2.75) is 17.7 Å². The first-order valence-corrected chi connectivity index (χ1v) is 6.42. The van der Waals surface area contributed by atoms with Gasteiger partial charge in [0.1, 0.15) is 0 Å². The zero-order valence-corrected chi connectivity index (χ0v) is 9.23. The topological polar surface area (TPSA) is 46.2 Å². The minimum atomic E-state index is -3.71. The van der Waals surface area contributed by atoms with E-state index in [9.17, 15) is 17.2 Å². The van der Waals surface area contributed by atoms with Gasteiger partial charge in [-0.1, -0.05) is 0 Å². The number of sulfonamides is 1. The molecule has 0 unspecified atom stereocenters. The highest BCUT2D eigenvalue weighted by molar-refractivity contribution is 7.89. The molecule has 88 valence electrons. The van der Waals surface area contributed by atoms with Gasteiger partial charge in [0.15, 0.2) is 11.6 Å². The molecule has 0 aromatic heterocycles. The summed E-state index contributed by atoms with van der Waals surface area (Å²) in [6, 6.07) is 2.54. The first-order chi connectivity index (χ1) is 7.49. The SMILES string of the molecule is O=S(=O)(NCC1CC1)c1ccc(F)c(F)c1. The summed E-state index contributed by atoms with van der Waals surface area (Å²) in [7, 11) is -3.71. The van der Waals surface area contributed by atoms with Crippen LogP contribution in [0.1, 0.15) is 12.8 Å². The summed E-state index contributed by atoms with van der Waals surface area (Å²) in [5, 5.41) is 0. The van der Waals surface area contributed by atoms with Crippen LogP contribution in [0.15, 0.2) is 23.1 Å². The zero-order valence-electron chi connectivity index (χ0n) is 8.41. The Morgan fingerprint density at radius 2 is 1.94 bits per heavy atom. The van der Waals surface area contributed by atoms with Crippen molar-refractivity contribution in [1.82, 2.24) is 4.72 Å². The van der Waals surface area contributed by atoms with Crippen molar-refractivity contribution in [3.05, 3.63) is 29.8 Å². The van der Waals surface area contributed by atoms with E-state index in [0.29, 0.717) is 18.5 Å². The van der Waals surface area contributed by atoms with Crippen LogP contribution in [0.3, 0.4) is 0 Å². The number of benzene rings is 1. The second kappa shape index (κ2) is 4.10. The predicted molar refractivity (Wildman–Crippen MR) is 54.3 cm³/mol. The molecule has 1 aromatic rings. The van der Waals surface area contributed by atoms with Gasteiger partial charge in [0.2, 0.25) is 10.0 Å². The van der Waals surface area contributed by atoms with Crippen LogP contribution in [0.25, 0.3) is 0 Å². The van der Waals surface area contributed by atoms with Crippen LogP contribution in [-0.4, -0.2) is 15.0 Å². The number of nitrogens with one attached hydrogen (secondary N) is 1. The number of rotatable bonds is 4. The fraction of sp³-hybridized carbons (Fsp3) is 0.400. The predicted octanol–water partition coefficient (Wildman–Crippen LogP) is 1.65. The van der Waals surface area contributed by atoms with Gasteiger partial charge in [-0.25, -0.2) is 21.9 Å². The van der Waals surface area contributed by atoms with Crippen LogP contribution < -0.4 is 4.72 Å². The number of hydrogen-bond acceptors (Lipinski definition) is 2. The average Bonchev–Trinajstić information content (AvgIpc) is 3.03. The summed E-state index contributed by atoms with van der Waals surface area (Å²) in [4.78, 5) is -0.243. The van der Waals surface area contributed by atoms with Crippen LogP contribution in [0, 0.1) is 17.6 Å². The molecule has 0 radical (unpaired) electrons. The molecule has 1 aromatic carbocycles. The molecular weight excluding hydrogens is 236 g/mol. The van der Waals surface area contributed by atoms with Gasteiger partial charge in [0, 0.05) is 6.54 Å². The summed E-state index contributed by atoms with van der Waals surface area (Å²) in [6.07, 6.45) is 2.03. The maximum Gasteiger partial charge on any atom is 0.240 e. The largest absolute Gasteiger partial charge is 0.240 e. The molecule has 0 saturated heterocycles. The van der Waals surface area contributed by atoms with Gasteiger partial charge in [0.05, 0.1) is 4.90 Å². The summed E-state index contributed by atoms with van der Waals surface area (Å²) in [6.45, 7) is 0.362. The lowest BCUT2D eigenvalue weighted by molar-refractivity contribution is 0.504. The summed E-state index contributed by atoms with van der Waals surface area (Å²) < 4.78 is 51.1. The molecule has 0 heterocycles. The zero-order chi connectivity index (χ0) is 11.8. The highest BCUT2D eigenvalue weighted by Crippen LogP contribution is 2.28. The van der Waals surface area contributed by atoms with Gasteiger partial charge in [0.25, 0.3) is 0 Å². The Morgan fingerprint density at radius 3 is 2.50 bits per heavy atom. The molecule has 1 aliphatic rings. The highest BCUT2D eigenvalue weighted by atomic mass is 32.2. The Balaban J connectivity index is 2.17. The maximum absolute atomic E-state index is 12.9. The Kier molecular flexibility index (Phi) is 2.94. The second-order valence-electron chi connectivity index (χ2n) is 3.87. The standard InChI is InChI=1S/C10H11F2NO2S/c11-9-4-3-8(5-10(9)12)16(14,15)13-6-7-1-2-7/h3-5,7,13H,1-2,6H2. The minimum absolute atomic E-state index is 0.243. The molecule has 0 bridgehead atoms. The van der Waals surface area contributed by atoms with E-state index in [4.69, 9.17) is 0 Å². The Morgan fingerprint density at radius 1 is 1.25 bits per heavy atom. The van der Waals surface area contributed by atoms with Crippen molar-refractivity contribution in [2.24, 2.45) is 5.92 Å². The molecule has 0 spiro atoms. The molecule has 16 heavy (non-hydrogen) atoms. The number of halogens is 2. The molecule has 0 amide bonds. The molecule has 6 heteroatoms. The fourth-order valence-corrected chi connectivity index (χ4v) is 2.40. The molecule has 0 aliphatic heterocycles. The van der Waals surface area contributed by atoms with E-state index in [0.717, 1.165) is 25.0 Å². The lowest BCUT2D eigenvalue weighted by Crippen LogP contribution is -2.26. The van der Waals surface area contributed by atoms with E-state index in [1.807, 2.05) is 0 Å². The van der Waals surface area contributed by atoms with Crippen LogP contribution in [-0.2, 0) is 10.0 Å². The van der Waals surface area contributed by atoms with Crippen LogP contribution in [0.5, 0.6) is 0 Å². The highest BCUT2D eigenvalue weighted by Gasteiger charge is 2.24. The average molecular weight is 247 g/mol. The van der Waals surface area contributed by atoms with Crippen molar-refractivity contribution in [3.63, 3.8) is 0 Å². The van der Waals surface area contributed by atoms with E-state index in [-0.39, 0.29) is 4.90 Å². The van der Waals surface area contributed by atoms with Crippen LogP contribution in [0.2, 0.25) is 0 Å². The maximum atomic E-state index is 12.9. The summed E-state index contributed by atoms with van der Waals surface area (Å²) >= 11 is 0. The van der Waals surface area contributed by atoms with E-state index in [1.54, 1.807) is 0 Å². The number of hydrogen-bond donors (Lipinski definition) is 1. The Bertz CT molecular complexity index is 498. The minimum Gasteiger partial charge on any atom is -0.211 e. The van der Waals surface area contributed by atoms with Crippen LogP contribution >= 0.6 is 0 Å². The summed E-state index contributed by atoms with van der Waals surface area (Å²) in [5.41, 5.74) is 0. The molecule has 1 N–H and O–H groups in total. The molecule has 2 rings (SSSR count). The normalized spacial score (nSPS) is 16.4. The Labute approximate surface area is 92.5 Å². The second-order valence-corrected chi connectivity index (χ2v) is 5.64. The van der Waals surface area contributed by atoms with Gasteiger partial charge in [-0.15, -0.1) is 0 Å². The van der Waals surface area contributed by atoms with E-state index in [2.05, 4.69) is 4.72 Å². The van der Waals surface area contributed by atoms with Gasteiger partial charge in [-0.2, -0.15) is 0 Å². The van der Waals surface area contributed by atoms with E-state index >= 15 is 0 Å². The van der Waals surface area contributed by atoms with Crippen molar-refractivity contribution in [2.75, 3.05) is 6.54 Å². The molecule has 1 fully saturated rings. The van der Waals surface area contributed by atoms with E-state index < -0.39 is 21.7 Å². The molecule has 0 atom stereocenters. The molecular formula is C10H11F2NO2S. The third-order valence-corrected chi connectivity index (χ3v) is 3.88. The van der Waals surface area contributed by atoms with E-state index in [1.165, 1.54) is 0 Å². The van der Waals surface area contributed by atoms with Gasteiger partial charge < -0.3 is 0 Å². The van der Waals surface area contributed by atoms with Gasteiger partial charge in [-0.05, 0) is 37.0 Å². The fourth-order valence-electron chi connectivity index (χ4n) is 1.28. The lowest BCUT2D eigenvalue weighted by atomic mass is 10.3. The first kappa shape index (κ1) is 11.5.